The van der Waals surface area contributed by atoms with Crippen molar-refractivity contribution in [2.75, 3.05) is 11.4 Å². The van der Waals surface area contributed by atoms with Crippen molar-refractivity contribution in [3.63, 3.8) is 0 Å². The van der Waals surface area contributed by atoms with Crippen LogP contribution < -0.4 is 10.5 Å². The molecule has 0 aliphatic carbocycles. The first-order valence-corrected chi connectivity index (χ1v) is 11.3. The molecule has 0 amide bonds. The van der Waals surface area contributed by atoms with Gasteiger partial charge in [-0.15, -0.1) is 0 Å². The Hall–Kier alpha value is -4.34. The molecule has 176 valence electrons. The van der Waals surface area contributed by atoms with Crippen molar-refractivity contribution in [2.24, 2.45) is 7.05 Å². The summed E-state index contributed by atoms with van der Waals surface area (Å²) >= 11 is 0. The predicted molar refractivity (Wildman–Crippen MR) is 126 cm³/mol. The highest BCUT2D eigenvalue weighted by Crippen LogP contribution is 2.37. The predicted octanol–water partition coefficient (Wildman–Crippen LogP) is 3.90. The molecule has 0 bridgehead atoms. The molecule has 8 nitrogen and oxygen atoms in total. The largest absolute Gasteiger partial charge is 0.349 e. The summed E-state index contributed by atoms with van der Waals surface area (Å²) in [5, 5.41) is 8.84. The van der Waals surface area contributed by atoms with E-state index in [4.69, 9.17) is 4.98 Å². The minimum atomic E-state index is -0.458. The quantitative estimate of drug-likeness (QED) is 0.396. The third kappa shape index (κ3) is 3.67. The minimum absolute atomic E-state index is 0.104. The Balaban J connectivity index is 1.37. The minimum Gasteiger partial charge on any atom is -0.349 e. The van der Waals surface area contributed by atoms with Crippen LogP contribution in [-0.4, -0.2) is 35.5 Å². The normalized spacial score (nSPS) is 15.9. The monoisotopic (exact) mass is 473 g/mol. The molecule has 6 rings (SSSR count). The number of halogens is 2. The zero-order chi connectivity index (χ0) is 24.1. The lowest BCUT2D eigenvalue weighted by Crippen LogP contribution is -2.24. The molecule has 5 heterocycles. The van der Waals surface area contributed by atoms with Gasteiger partial charge in [0.05, 0.1) is 18.4 Å². The van der Waals surface area contributed by atoms with E-state index < -0.39 is 11.6 Å². The Labute approximate surface area is 198 Å². The molecule has 1 aromatic carbocycles. The molecule has 1 atom stereocenters. The first kappa shape index (κ1) is 21.2. The van der Waals surface area contributed by atoms with Crippen molar-refractivity contribution in [1.29, 1.82) is 0 Å². The highest BCUT2D eigenvalue weighted by molar-refractivity contribution is 5.65. The molecule has 1 saturated heterocycles. The standard InChI is InChI=1S/C25H21F2N7O/c1-31-9-6-16(11-24(31)35)17-13-28-34(15-17)22-14-29-33-10-7-23(30-25(22)33)32-8-2-3-21(32)19-12-18(26)4-5-20(19)27/h4-7,9-15,21H,2-3,8H2,1H3/t21-/m1/s1. The lowest BCUT2D eigenvalue weighted by Gasteiger charge is -2.26. The van der Waals surface area contributed by atoms with Gasteiger partial charge in [0.1, 0.15) is 23.1 Å². The van der Waals surface area contributed by atoms with E-state index in [1.54, 1.807) is 47.1 Å². The van der Waals surface area contributed by atoms with Crippen LogP contribution in [0.3, 0.4) is 0 Å². The molecule has 0 N–H and O–H groups in total. The number of hydrogen-bond acceptors (Lipinski definition) is 5. The first-order chi connectivity index (χ1) is 17.0. The van der Waals surface area contributed by atoms with Crippen LogP contribution in [0.1, 0.15) is 24.4 Å². The molecule has 0 spiro atoms. The van der Waals surface area contributed by atoms with E-state index in [-0.39, 0.29) is 11.6 Å². The zero-order valence-corrected chi connectivity index (χ0v) is 18.8. The SMILES string of the molecule is Cn1ccc(-c2cnn(-c3cnn4ccc(N5CCC[C@@H]5c5cc(F)ccc5F)nc34)c2)cc1=O. The summed E-state index contributed by atoms with van der Waals surface area (Å²) in [5.41, 5.74) is 3.03. The Morgan fingerprint density at radius 1 is 1.00 bits per heavy atom. The van der Waals surface area contributed by atoms with Crippen LogP contribution in [-0.2, 0) is 7.05 Å². The van der Waals surface area contributed by atoms with Gasteiger partial charge in [0.2, 0.25) is 0 Å². The molecule has 1 fully saturated rings. The van der Waals surface area contributed by atoms with Gasteiger partial charge >= 0.3 is 0 Å². The van der Waals surface area contributed by atoms with Crippen LogP contribution in [0.2, 0.25) is 0 Å². The van der Waals surface area contributed by atoms with Gasteiger partial charge in [-0.25, -0.2) is 23.0 Å². The van der Waals surface area contributed by atoms with Gasteiger partial charge in [-0.1, -0.05) is 0 Å². The molecule has 0 saturated carbocycles. The fourth-order valence-corrected chi connectivity index (χ4v) is 4.63. The van der Waals surface area contributed by atoms with Crippen LogP contribution in [0, 0.1) is 11.6 Å². The lowest BCUT2D eigenvalue weighted by molar-refractivity contribution is 0.560. The van der Waals surface area contributed by atoms with Gasteiger partial charge in [-0.3, -0.25) is 4.79 Å². The number of fused-ring (bicyclic) bond motifs is 1. The van der Waals surface area contributed by atoms with Crippen LogP contribution in [0.15, 0.2) is 72.2 Å². The Morgan fingerprint density at radius 2 is 1.89 bits per heavy atom. The Morgan fingerprint density at radius 3 is 2.74 bits per heavy atom. The number of aryl methyl sites for hydroxylation is 1. The van der Waals surface area contributed by atoms with E-state index in [1.165, 1.54) is 16.7 Å². The molecular formula is C25H21F2N7O. The average molecular weight is 473 g/mol. The molecule has 0 radical (unpaired) electrons. The van der Waals surface area contributed by atoms with E-state index >= 15 is 0 Å². The smallest absolute Gasteiger partial charge is 0.250 e. The summed E-state index contributed by atoms with van der Waals surface area (Å²) in [6.45, 7) is 0.683. The first-order valence-electron chi connectivity index (χ1n) is 11.3. The van der Waals surface area contributed by atoms with Gasteiger partial charge in [0.15, 0.2) is 5.65 Å². The van der Waals surface area contributed by atoms with Crippen LogP contribution >= 0.6 is 0 Å². The number of pyridine rings is 1. The maximum Gasteiger partial charge on any atom is 0.250 e. The molecular weight excluding hydrogens is 452 g/mol. The third-order valence-electron chi connectivity index (χ3n) is 6.47. The number of benzene rings is 1. The maximum absolute atomic E-state index is 14.5. The second-order valence-corrected chi connectivity index (χ2v) is 8.64. The van der Waals surface area contributed by atoms with Gasteiger partial charge < -0.3 is 9.47 Å². The molecule has 35 heavy (non-hydrogen) atoms. The van der Waals surface area contributed by atoms with E-state index in [9.17, 15) is 13.6 Å². The Kier molecular flexibility index (Phi) is 4.94. The zero-order valence-electron chi connectivity index (χ0n) is 18.8. The average Bonchev–Trinajstić information content (AvgIpc) is 3.61. The van der Waals surface area contributed by atoms with Crippen molar-refractivity contribution < 1.29 is 8.78 Å². The van der Waals surface area contributed by atoms with Crippen molar-refractivity contribution in [3.8, 4) is 16.8 Å². The second-order valence-electron chi connectivity index (χ2n) is 8.64. The third-order valence-corrected chi connectivity index (χ3v) is 6.47. The highest BCUT2D eigenvalue weighted by Gasteiger charge is 2.30. The number of aromatic nitrogens is 6. The molecule has 10 heteroatoms. The number of hydrogen-bond donors (Lipinski definition) is 0. The van der Waals surface area contributed by atoms with Gasteiger partial charge in [0, 0.05) is 49.4 Å². The van der Waals surface area contributed by atoms with Crippen LogP contribution in [0.25, 0.3) is 22.5 Å². The van der Waals surface area contributed by atoms with Crippen molar-refractivity contribution >= 4 is 11.5 Å². The fraction of sp³-hybridized carbons (Fsp3) is 0.200. The lowest BCUT2D eigenvalue weighted by atomic mass is 10.0. The molecule has 5 aromatic rings. The summed E-state index contributed by atoms with van der Waals surface area (Å²) in [7, 11) is 1.70. The topological polar surface area (TPSA) is 73.2 Å². The summed E-state index contributed by atoms with van der Waals surface area (Å²) in [6, 6.07) is 8.51. The highest BCUT2D eigenvalue weighted by atomic mass is 19.1. The van der Waals surface area contributed by atoms with Gasteiger partial charge in [-0.05, 0) is 48.7 Å². The maximum atomic E-state index is 14.5. The number of rotatable bonds is 4. The Bertz CT molecular complexity index is 1620. The molecule has 4 aromatic heterocycles. The molecule has 1 aliphatic rings. The van der Waals surface area contributed by atoms with E-state index in [0.29, 0.717) is 35.7 Å². The summed E-state index contributed by atoms with van der Waals surface area (Å²) in [5.74, 6) is -0.223. The van der Waals surface area contributed by atoms with Crippen LogP contribution in [0.5, 0.6) is 0 Å². The summed E-state index contributed by atoms with van der Waals surface area (Å²) in [4.78, 5) is 18.8. The van der Waals surface area contributed by atoms with Crippen molar-refractivity contribution in [3.05, 3.63) is 94.9 Å². The van der Waals surface area contributed by atoms with E-state index in [2.05, 4.69) is 10.2 Å². The van der Waals surface area contributed by atoms with Crippen LogP contribution in [0.4, 0.5) is 14.6 Å². The van der Waals surface area contributed by atoms with E-state index in [0.717, 1.165) is 23.6 Å². The molecule has 1 aliphatic heterocycles. The van der Waals surface area contributed by atoms with Gasteiger partial charge in [0.25, 0.3) is 5.56 Å². The molecule has 0 unspecified atom stereocenters. The number of anilines is 1. The summed E-state index contributed by atoms with van der Waals surface area (Å²) in [6.07, 6.45) is 10.2. The van der Waals surface area contributed by atoms with E-state index in [1.807, 2.05) is 23.2 Å². The second kappa shape index (κ2) is 8.15. The van der Waals surface area contributed by atoms with Crippen molar-refractivity contribution in [1.82, 2.24) is 28.9 Å². The number of nitrogens with zero attached hydrogens (tertiary/aromatic N) is 7. The summed E-state index contributed by atoms with van der Waals surface area (Å²) < 4.78 is 33.2. The fourth-order valence-electron chi connectivity index (χ4n) is 4.63. The van der Waals surface area contributed by atoms with Crippen molar-refractivity contribution in [2.45, 2.75) is 18.9 Å². The van der Waals surface area contributed by atoms with Gasteiger partial charge in [-0.2, -0.15) is 10.2 Å².